The van der Waals surface area contributed by atoms with E-state index < -0.39 is 4.92 Å². The fourth-order valence-corrected chi connectivity index (χ4v) is 2.34. The molecule has 0 radical (unpaired) electrons. The van der Waals surface area contributed by atoms with E-state index in [1.807, 2.05) is 0 Å². The number of rotatable bonds is 4. The Bertz CT molecular complexity index is 574. The van der Waals surface area contributed by atoms with Crippen LogP contribution < -0.4 is 5.32 Å². The van der Waals surface area contributed by atoms with Crippen molar-refractivity contribution in [3.05, 3.63) is 50.1 Å². The molecule has 0 bridgehead atoms. The van der Waals surface area contributed by atoms with Crippen LogP contribution in [0.3, 0.4) is 0 Å². The molecule has 6 nitrogen and oxygen atoms in total. The van der Waals surface area contributed by atoms with Gasteiger partial charge in [-0.3, -0.25) is 14.9 Å². The van der Waals surface area contributed by atoms with E-state index in [-0.39, 0.29) is 18.1 Å². The maximum atomic E-state index is 11.8. The van der Waals surface area contributed by atoms with Crippen LogP contribution in [0.1, 0.15) is 20.3 Å². The maximum Gasteiger partial charge on any atom is 0.283 e. The SMILES string of the molecule is Cc1sc(C(=O)NCc2ccco2)cc1[N+](=O)[O-]. The number of carbonyl (C=O) groups is 1. The van der Waals surface area contributed by atoms with Gasteiger partial charge in [0.15, 0.2) is 0 Å². The topological polar surface area (TPSA) is 85.4 Å². The molecule has 0 spiro atoms. The number of hydrogen-bond acceptors (Lipinski definition) is 5. The minimum Gasteiger partial charge on any atom is -0.467 e. The lowest BCUT2D eigenvalue weighted by atomic mass is 10.3. The molecule has 0 aliphatic carbocycles. The largest absolute Gasteiger partial charge is 0.467 e. The van der Waals surface area contributed by atoms with Crippen LogP contribution in [0.25, 0.3) is 0 Å². The monoisotopic (exact) mass is 266 g/mol. The van der Waals surface area contributed by atoms with E-state index in [1.165, 1.54) is 12.3 Å². The van der Waals surface area contributed by atoms with Crippen molar-refractivity contribution in [1.82, 2.24) is 5.32 Å². The average Bonchev–Trinajstić information content (AvgIpc) is 2.94. The third-order valence-corrected chi connectivity index (χ3v) is 3.35. The quantitative estimate of drug-likeness (QED) is 0.680. The number of aryl methyl sites for hydroxylation is 1. The van der Waals surface area contributed by atoms with Crippen molar-refractivity contribution in [2.24, 2.45) is 0 Å². The second-order valence-electron chi connectivity index (χ2n) is 3.57. The van der Waals surface area contributed by atoms with Crippen molar-refractivity contribution in [2.75, 3.05) is 0 Å². The van der Waals surface area contributed by atoms with E-state index in [0.717, 1.165) is 11.3 Å². The van der Waals surface area contributed by atoms with Gasteiger partial charge >= 0.3 is 0 Å². The van der Waals surface area contributed by atoms with E-state index in [1.54, 1.807) is 19.1 Å². The highest BCUT2D eigenvalue weighted by molar-refractivity contribution is 7.14. The molecular weight excluding hydrogens is 256 g/mol. The lowest BCUT2D eigenvalue weighted by molar-refractivity contribution is -0.385. The zero-order chi connectivity index (χ0) is 13.1. The van der Waals surface area contributed by atoms with Gasteiger partial charge in [-0.15, -0.1) is 11.3 Å². The van der Waals surface area contributed by atoms with Crippen molar-refractivity contribution < 1.29 is 14.1 Å². The second kappa shape index (κ2) is 5.01. The third kappa shape index (κ3) is 2.57. The van der Waals surface area contributed by atoms with Gasteiger partial charge in [0.25, 0.3) is 11.6 Å². The minimum atomic E-state index is -0.491. The van der Waals surface area contributed by atoms with Crippen LogP contribution in [-0.4, -0.2) is 10.8 Å². The Hall–Kier alpha value is -2.15. The zero-order valence-corrected chi connectivity index (χ0v) is 10.3. The number of amides is 1. The average molecular weight is 266 g/mol. The molecule has 0 atom stereocenters. The summed E-state index contributed by atoms with van der Waals surface area (Å²) < 4.78 is 5.07. The van der Waals surface area contributed by atoms with Gasteiger partial charge in [0.2, 0.25) is 0 Å². The first-order chi connectivity index (χ1) is 8.58. The first-order valence-electron chi connectivity index (χ1n) is 5.13. The molecule has 18 heavy (non-hydrogen) atoms. The van der Waals surface area contributed by atoms with Gasteiger partial charge in [-0.1, -0.05) is 0 Å². The van der Waals surface area contributed by atoms with Gasteiger partial charge in [0, 0.05) is 6.07 Å². The van der Waals surface area contributed by atoms with Crippen LogP contribution in [0, 0.1) is 17.0 Å². The molecule has 2 rings (SSSR count). The Balaban J connectivity index is 2.05. The van der Waals surface area contributed by atoms with Crippen molar-refractivity contribution in [2.45, 2.75) is 13.5 Å². The fourth-order valence-electron chi connectivity index (χ4n) is 1.43. The maximum absolute atomic E-state index is 11.8. The molecular formula is C11H10N2O4S. The van der Waals surface area contributed by atoms with Gasteiger partial charge in [0.1, 0.15) is 5.76 Å². The Labute approximate surface area is 106 Å². The summed E-state index contributed by atoms with van der Waals surface area (Å²) in [6.45, 7) is 1.88. The summed E-state index contributed by atoms with van der Waals surface area (Å²) in [5, 5.41) is 13.3. The zero-order valence-electron chi connectivity index (χ0n) is 9.50. The molecule has 1 amide bonds. The van der Waals surface area contributed by atoms with Crippen LogP contribution in [0.15, 0.2) is 28.9 Å². The van der Waals surface area contributed by atoms with E-state index in [2.05, 4.69) is 5.32 Å². The molecule has 0 saturated carbocycles. The molecule has 2 aromatic heterocycles. The summed E-state index contributed by atoms with van der Waals surface area (Å²) in [6.07, 6.45) is 1.52. The number of hydrogen-bond donors (Lipinski definition) is 1. The number of nitro groups is 1. The molecule has 2 heterocycles. The summed E-state index contributed by atoms with van der Waals surface area (Å²) in [5.41, 5.74) is -0.0249. The smallest absolute Gasteiger partial charge is 0.283 e. The lowest BCUT2D eigenvalue weighted by Crippen LogP contribution is -2.21. The van der Waals surface area contributed by atoms with Gasteiger partial charge in [-0.2, -0.15) is 0 Å². The van der Waals surface area contributed by atoms with Gasteiger partial charge in [-0.05, 0) is 19.1 Å². The molecule has 7 heteroatoms. The van der Waals surface area contributed by atoms with Crippen molar-refractivity contribution in [3.63, 3.8) is 0 Å². The number of carbonyl (C=O) groups excluding carboxylic acids is 1. The highest BCUT2D eigenvalue weighted by Gasteiger charge is 2.19. The molecule has 0 aliphatic rings. The predicted molar refractivity (Wildman–Crippen MR) is 65.6 cm³/mol. The third-order valence-electron chi connectivity index (χ3n) is 2.32. The van der Waals surface area contributed by atoms with E-state index >= 15 is 0 Å². The fraction of sp³-hybridized carbons (Fsp3) is 0.182. The first kappa shape index (κ1) is 12.3. The van der Waals surface area contributed by atoms with E-state index in [4.69, 9.17) is 4.42 Å². The lowest BCUT2D eigenvalue weighted by Gasteiger charge is -1.99. The highest BCUT2D eigenvalue weighted by atomic mass is 32.1. The molecule has 2 aromatic rings. The Kier molecular flexibility index (Phi) is 3.42. The Morgan fingerprint density at radius 3 is 2.94 bits per heavy atom. The molecule has 94 valence electrons. The second-order valence-corrected chi connectivity index (χ2v) is 4.83. The molecule has 0 saturated heterocycles. The number of nitrogens with one attached hydrogen (secondary N) is 1. The van der Waals surface area contributed by atoms with Gasteiger partial charge in [-0.25, -0.2) is 0 Å². The van der Waals surface area contributed by atoms with E-state index in [0.29, 0.717) is 15.5 Å². The van der Waals surface area contributed by atoms with E-state index in [9.17, 15) is 14.9 Å². The normalized spacial score (nSPS) is 10.3. The van der Waals surface area contributed by atoms with Crippen LogP contribution in [0.2, 0.25) is 0 Å². The van der Waals surface area contributed by atoms with Crippen molar-refractivity contribution >= 4 is 22.9 Å². The summed E-state index contributed by atoms with van der Waals surface area (Å²) in [5.74, 6) is 0.290. The van der Waals surface area contributed by atoms with Crippen molar-refractivity contribution in [3.8, 4) is 0 Å². The number of nitrogens with zero attached hydrogens (tertiary/aromatic N) is 1. The standard InChI is InChI=1S/C11H10N2O4S/c1-7-9(13(15)16)5-10(18-7)11(14)12-6-8-3-2-4-17-8/h2-5H,6H2,1H3,(H,12,14). The molecule has 0 unspecified atom stereocenters. The minimum absolute atomic E-state index is 0.0249. The molecule has 0 aliphatic heterocycles. The first-order valence-corrected chi connectivity index (χ1v) is 5.95. The van der Waals surface area contributed by atoms with Gasteiger partial charge < -0.3 is 9.73 Å². The Morgan fingerprint density at radius 2 is 2.39 bits per heavy atom. The van der Waals surface area contributed by atoms with Gasteiger partial charge in [0.05, 0.1) is 27.5 Å². The molecule has 1 N–H and O–H groups in total. The summed E-state index contributed by atoms with van der Waals surface area (Å²) >= 11 is 1.10. The molecule has 0 aromatic carbocycles. The van der Waals surface area contributed by atoms with Crippen LogP contribution in [0.4, 0.5) is 5.69 Å². The molecule has 0 fully saturated rings. The highest BCUT2D eigenvalue weighted by Crippen LogP contribution is 2.27. The number of furan rings is 1. The van der Waals surface area contributed by atoms with Crippen LogP contribution in [-0.2, 0) is 6.54 Å². The Morgan fingerprint density at radius 1 is 1.61 bits per heavy atom. The summed E-state index contributed by atoms with van der Waals surface area (Å²) in [6, 6.07) is 4.75. The van der Waals surface area contributed by atoms with Crippen LogP contribution in [0.5, 0.6) is 0 Å². The summed E-state index contributed by atoms with van der Waals surface area (Å²) in [4.78, 5) is 22.8. The van der Waals surface area contributed by atoms with Crippen molar-refractivity contribution in [1.29, 1.82) is 0 Å². The summed E-state index contributed by atoms with van der Waals surface area (Å²) in [7, 11) is 0. The predicted octanol–water partition coefficient (Wildman–Crippen LogP) is 2.49. The van der Waals surface area contributed by atoms with Crippen LogP contribution >= 0.6 is 11.3 Å². The number of thiophene rings is 1.